The van der Waals surface area contributed by atoms with Crippen LogP contribution in [0, 0.1) is 11.7 Å². The van der Waals surface area contributed by atoms with E-state index in [0.717, 1.165) is 63.7 Å². The highest BCUT2D eigenvalue weighted by molar-refractivity contribution is 5.88. The summed E-state index contributed by atoms with van der Waals surface area (Å²) in [5.41, 5.74) is 0.310. The number of amides is 1. The van der Waals surface area contributed by atoms with E-state index in [-0.39, 0.29) is 11.7 Å². The van der Waals surface area contributed by atoms with E-state index in [0.29, 0.717) is 5.92 Å². The van der Waals surface area contributed by atoms with Crippen LogP contribution in [0.15, 0.2) is 24.3 Å². The van der Waals surface area contributed by atoms with Crippen molar-refractivity contribution in [1.29, 1.82) is 0 Å². The highest BCUT2D eigenvalue weighted by Crippen LogP contribution is 2.40. The summed E-state index contributed by atoms with van der Waals surface area (Å²) in [6.07, 6.45) is 8.40. The van der Waals surface area contributed by atoms with Gasteiger partial charge in [-0.25, -0.2) is 4.39 Å². The number of nitrogens with one attached hydrogen (secondary N) is 2. The lowest BCUT2D eigenvalue weighted by atomic mass is 9.68. The van der Waals surface area contributed by atoms with Gasteiger partial charge in [-0.1, -0.05) is 31.4 Å². The van der Waals surface area contributed by atoms with Gasteiger partial charge in [-0.05, 0) is 68.8 Å². The molecule has 1 aliphatic heterocycles. The van der Waals surface area contributed by atoms with Gasteiger partial charge in [0.05, 0.1) is 5.41 Å². The molecule has 1 saturated heterocycles. The van der Waals surface area contributed by atoms with E-state index < -0.39 is 5.41 Å². The minimum absolute atomic E-state index is 0.0940. The normalized spacial score (nSPS) is 23.6. The summed E-state index contributed by atoms with van der Waals surface area (Å²) in [4.78, 5) is 13.0. The largest absolute Gasteiger partial charge is 0.355 e. The van der Waals surface area contributed by atoms with Crippen LogP contribution in [-0.4, -0.2) is 25.5 Å². The van der Waals surface area contributed by atoms with Gasteiger partial charge in [-0.2, -0.15) is 0 Å². The lowest BCUT2D eigenvalue weighted by Crippen LogP contribution is -2.46. The first-order chi connectivity index (χ1) is 11.7. The van der Waals surface area contributed by atoms with Crippen LogP contribution in [0.1, 0.15) is 56.9 Å². The van der Waals surface area contributed by atoms with Crippen molar-refractivity contribution in [2.24, 2.45) is 5.92 Å². The van der Waals surface area contributed by atoms with Gasteiger partial charge >= 0.3 is 0 Å². The molecule has 0 spiro atoms. The summed E-state index contributed by atoms with van der Waals surface area (Å²) in [7, 11) is 0. The van der Waals surface area contributed by atoms with Gasteiger partial charge < -0.3 is 10.6 Å². The number of hydrogen-bond acceptors (Lipinski definition) is 2. The maximum absolute atomic E-state index is 13.7. The molecule has 24 heavy (non-hydrogen) atoms. The number of rotatable bonds is 5. The molecule has 3 rings (SSSR count). The smallest absolute Gasteiger partial charge is 0.230 e. The van der Waals surface area contributed by atoms with Crippen LogP contribution in [0.25, 0.3) is 0 Å². The number of hydrogen-bond donors (Lipinski definition) is 2. The Morgan fingerprint density at radius 2 is 2.08 bits per heavy atom. The van der Waals surface area contributed by atoms with Crippen molar-refractivity contribution in [3.63, 3.8) is 0 Å². The van der Waals surface area contributed by atoms with E-state index >= 15 is 0 Å². The van der Waals surface area contributed by atoms with E-state index in [4.69, 9.17) is 0 Å². The molecule has 2 aliphatic rings. The third kappa shape index (κ3) is 3.97. The van der Waals surface area contributed by atoms with Crippen LogP contribution in [0.3, 0.4) is 0 Å². The fraction of sp³-hybridized carbons (Fsp3) is 0.650. The predicted octanol–water partition coefficient (Wildman–Crippen LogP) is 3.53. The molecule has 0 radical (unpaired) electrons. The number of halogens is 1. The lowest BCUT2D eigenvalue weighted by Gasteiger charge is -2.36. The Labute approximate surface area is 144 Å². The second-order valence-corrected chi connectivity index (χ2v) is 7.41. The molecule has 1 atom stereocenters. The average Bonchev–Trinajstić information content (AvgIpc) is 2.63. The molecule has 0 aromatic heterocycles. The Kier molecular flexibility index (Phi) is 5.88. The van der Waals surface area contributed by atoms with Gasteiger partial charge in [0.15, 0.2) is 0 Å². The van der Waals surface area contributed by atoms with Crippen LogP contribution in [0.4, 0.5) is 4.39 Å². The van der Waals surface area contributed by atoms with Gasteiger partial charge in [-0.3, -0.25) is 4.79 Å². The Morgan fingerprint density at radius 1 is 1.25 bits per heavy atom. The highest BCUT2D eigenvalue weighted by atomic mass is 19.1. The molecule has 2 fully saturated rings. The van der Waals surface area contributed by atoms with Gasteiger partial charge in [-0.15, -0.1) is 0 Å². The summed E-state index contributed by atoms with van der Waals surface area (Å²) in [5, 5.41) is 6.59. The molecule has 1 unspecified atom stereocenters. The van der Waals surface area contributed by atoms with Gasteiger partial charge in [0.25, 0.3) is 0 Å². The molecule has 1 heterocycles. The zero-order valence-corrected chi connectivity index (χ0v) is 14.5. The Hall–Kier alpha value is -1.42. The zero-order chi connectivity index (χ0) is 16.8. The first-order valence-corrected chi connectivity index (χ1v) is 9.46. The Balaban J connectivity index is 1.65. The van der Waals surface area contributed by atoms with E-state index in [1.54, 1.807) is 12.1 Å². The SMILES string of the molecule is O=C(NCCC1CCCNC1)C1(c2cccc(F)c2)CCCCC1. The third-order valence-corrected chi connectivity index (χ3v) is 5.76. The maximum atomic E-state index is 13.7. The Morgan fingerprint density at radius 3 is 2.79 bits per heavy atom. The fourth-order valence-electron chi connectivity index (χ4n) is 4.32. The minimum Gasteiger partial charge on any atom is -0.355 e. The Bertz CT molecular complexity index is 548. The second-order valence-electron chi connectivity index (χ2n) is 7.41. The lowest BCUT2D eigenvalue weighted by molar-refractivity contribution is -0.128. The molecule has 1 aliphatic carbocycles. The van der Waals surface area contributed by atoms with E-state index in [1.165, 1.54) is 18.9 Å². The first kappa shape index (κ1) is 17.4. The van der Waals surface area contributed by atoms with Crippen LogP contribution in [0.2, 0.25) is 0 Å². The topological polar surface area (TPSA) is 41.1 Å². The number of benzene rings is 1. The molecule has 4 heteroatoms. The third-order valence-electron chi connectivity index (χ3n) is 5.76. The van der Waals surface area contributed by atoms with Crippen molar-refractivity contribution < 1.29 is 9.18 Å². The summed E-state index contributed by atoms with van der Waals surface area (Å²) in [5.74, 6) is 0.505. The molecular formula is C20H29FN2O. The molecule has 1 amide bonds. The molecule has 132 valence electrons. The number of piperidine rings is 1. The van der Waals surface area contributed by atoms with Crippen LogP contribution < -0.4 is 10.6 Å². The van der Waals surface area contributed by atoms with Crippen LogP contribution in [-0.2, 0) is 10.2 Å². The molecular weight excluding hydrogens is 303 g/mol. The average molecular weight is 332 g/mol. The molecule has 2 N–H and O–H groups in total. The fourth-order valence-corrected chi connectivity index (χ4v) is 4.32. The number of carbonyl (C=O) groups excluding carboxylic acids is 1. The van der Waals surface area contributed by atoms with Crippen LogP contribution >= 0.6 is 0 Å². The second kappa shape index (κ2) is 8.11. The standard InChI is InChI=1S/C20H29FN2O/c21-18-8-4-7-17(14-18)20(10-2-1-3-11-20)19(24)23-13-9-16-6-5-12-22-15-16/h4,7-8,14,16,22H,1-3,5-6,9-13,15H2,(H,23,24). The van der Waals surface area contributed by atoms with Crippen LogP contribution in [0.5, 0.6) is 0 Å². The van der Waals surface area contributed by atoms with Crippen molar-refractivity contribution in [2.45, 2.75) is 56.8 Å². The summed E-state index contributed by atoms with van der Waals surface area (Å²) in [6, 6.07) is 6.64. The van der Waals surface area contributed by atoms with Gasteiger partial charge in [0.2, 0.25) is 5.91 Å². The summed E-state index contributed by atoms with van der Waals surface area (Å²) < 4.78 is 13.7. The quantitative estimate of drug-likeness (QED) is 0.866. The van der Waals surface area contributed by atoms with E-state index in [1.807, 2.05) is 6.07 Å². The highest BCUT2D eigenvalue weighted by Gasteiger charge is 2.41. The molecule has 1 aromatic carbocycles. The van der Waals surface area contributed by atoms with Gasteiger partial charge in [0.1, 0.15) is 5.82 Å². The molecule has 0 bridgehead atoms. The minimum atomic E-state index is -0.537. The van der Waals surface area contributed by atoms with Gasteiger partial charge in [0, 0.05) is 6.54 Å². The number of carbonyl (C=O) groups is 1. The summed E-state index contributed by atoms with van der Waals surface area (Å²) in [6.45, 7) is 2.90. The van der Waals surface area contributed by atoms with Crippen molar-refractivity contribution in [1.82, 2.24) is 10.6 Å². The van der Waals surface area contributed by atoms with E-state index in [9.17, 15) is 9.18 Å². The first-order valence-electron chi connectivity index (χ1n) is 9.46. The monoisotopic (exact) mass is 332 g/mol. The predicted molar refractivity (Wildman–Crippen MR) is 94.4 cm³/mol. The maximum Gasteiger partial charge on any atom is 0.230 e. The van der Waals surface area contributed by atoms with Crippen molar-refractivity contribution in [3.05, 3.63) is 35.6 Å². The summed E-state index contributed by atoms with van der Waals surface area (Å²) >= 11 is 0. The molecule has 3 nitrogen and oxygen atoms in total. The van der Waals surface area contributed by atoms with Crippen molar-refractivity contribution in [3.8, 4) is 0 Å². The van der Waals surface area contributed by atoms with Crippen molar-refractivity contribution >= 4 is 5.91 Å². The molecule has 1 saturated carbocycles. The van der Waals surface area contributed by atoms with Crippen molar-refractivity contribution in [2.75, 3.05) is 19.6 Å². The molecule has 1 aromatic rings. The van der Waals surface area contributed by atoms with E-state index in [2.05, 4.69) is 10.6 Å². The zero-order valence-electron chi connectivity index (χ0n) is 14.5.